The Kier molecular flexibility index (Phi) is 8.73. The Morgan fingerprint density at radius 2 is 1.56 bits per heavy atom. The van der Waals surface area contributed by atoms with Crippen LogP contribution in [-0.2, 0) is 23.2 Å². The number of aryl methyl sites for hydroxylation is 1. The zero-order valence-electron chi connectivity index (χ0n) is 19.2. The number of nitrogens with zero attached hydrogens (tertiary/aromatic N) is 6. The maximum atomic E-state index is 13.7. The fourth-order valence-corrected chi connectivity index (χ4v) is 3.53. The first-order valence-electron chi connectivity index (χ1n) is 10.7. The highest BCUT2D eigenvalue weighted by Gasteiger charge is 2.23. The van der Waals surface area contributed by atoms with Crippen molar-refractivity contribution in [2.45, 2.75) is 6.54 Å². The van der Waals surface area contributed by atoms with Crippen LogP contribution in [0.25, 0.3) is 11.3 Å². The molecule has 1 saturated heterocycles. The zero-order chi connectivity index (χ0) is 26.2. The van der Waals surface area contributed by atoms with Gasteiger partial charge >= 0.3 is 11.9 Å². The Hall–Kier alpha value is -4.26. The number of carboxylic acids is 2. The van der Waals surface area contributed by atoms with Gasteiger partial charge in [0.2, 0.25) is 0 Å². The van der Waals surface area contributed by atoms with Crippen LogP contribution in [0.15, 0.2) is 49.1 Å². The van der Waals surface area contributed by atoms with Crippen molar-refractivity contribution in [2.75, 3.05) is 31.1 Å². The van der Waals surface area contributed by atoms with Crippen LogP contribution in [0.3, 0.4) is 0 Å². The molecule has 0 aliphatic carbocycles. The monoisotopic (exact) mass is 504 g/mol. The molecular formula is C23H23F3N6O4. The van der Waals surface area contributed by atoms with Crippen molar-refractivity contribution in [3.8, 4) is 11.3 Å². The van der Waals surface area contributed by atoms with Crippen molar-refractivity contribution in [1.82, 2.24) is 24.6 Å². The van der Waals surface area contributed by atoms with E-state index in [0.717, 1.165) is 37.3 Å². The molecule has 1 fully saturated rings. The third-order valence-electron chi connectivity index (χ3n) is 5.14. The van der Waals surface area contributed by atoms with Gasteiger partial charge in [0.1, 0.15) is 5.69 Å². The van der Waals surface area contributed by atoms with Crippen LogP contribution in [0, 0.1) is 17.5 Å². The summed E-state index contributed by atoms with van der Waals surface area (Å²) in [4.78, 5) is 32.0. The summed E-state index contributed by atoms with van der Waals surface area (Å²) in [7, 11) is 1.89. The van der Waals surface area contributed by atoms with Gasteiger partial charge in [0, 0.05) is 81.6 Å². The number of hydrogen-bond donors (Lipinski definition) is 2. The van der Waals surface area contributed by atoms with E-state index in [9.17, 15) is 22.8 Å². The van der Waals surface area contributed by atoms with E-state index in [1.54, 1.807) is 4.68 Å². The largest absolute Gasteiger partial charge is 0.478 e. The lowest BCUT2D eigenvalue weighted by Gasteiger charge is -2.35. The number of anilines is 1. The molecule has 0 bridgehead atoms. The van der Waals surface area contributed by atoms with Crippen LogP contribution in [0.1, 0.15) is 5.56 Å². The number of aromatic nitrogens is 4. The molecule has 36 heavy (non-hydrogen) atoms. The second-order valence-corrected chi connectivity index (χ2v) is 7.78. The minimum atomic E-state index is -1.49. The number of rotatable bonds is 6. The summed E-state index contributed by atoms with van der Waals surface area (Å²) >= 11 is 0. The summed E-state index contributed by atoms with van der Waals surface area (Å²) in [6.07, 6.45) is 7.95. The Balaban J connectivity index is 0.000000392. The molecule has 4 rings (SSSR count). The van der Waals surface area contributed by atoms with Gasteiger partial charge in [-0.15, -0.1) is 0 Å². The molecule has 1 aliphatic rings. The van der Waals surface area contributed by atoms with Gasteiger partial charge in [-0.3, -0.25) is 14.6 Å². The summed E-state index contributed by atoms with van der Waals surface area (Å²) in [6.45, 7) is 3.80. The molecule has 2 aromatic heterocycles. The molecule has 10 nitrogen and oxygen atoms in total. The van der Waals surface area contributed by atoms with Crippen LogP contribution in [0.4, 0.5) is 19.0 Å². The summed E-state index contributed by atoms with van der Waals surface area (Å²) in [5.74, 6) is -5.95. The number of aliphatic carboxylic acids is 2. The molecule has 1 aliphatic heterocycles. The molecule has 0 amide bonds. The molecule has 0 spiro atoms. The van der Waals surface area contributed by atoms with Crippen molar-refractivity contribution in [2.24, 2.45) is 7.05 Å². The number of carbonyl (C=O) groups is 2. The van der Waals surface area contributed by atoms with Gasteiger partial charge in [-0.1, -0.05) is 0 Å². The van der Waals surface area contributed by atoms with E-state index >= 15 is 0 Å². The summed E-state index contributed by atoms with van der Waals surface area (Å²) in [5, 5.41) is 19.8. The van der Waals surface area contributed by atoms with Gasteiger partial charge in [0.15, 0.2) is 23.3 Å². The molecule has 0 atom stereocenters. The number of carboxylic acid groups (broad SMARTS) is 2. The molecule has 13 heteroatoms. The van der Waals surface area contributed by atoms with E-state index in [-0.39, 0.29) is 5.56 Å². The third kappa shape index (κ3) is 7.12. The Bertz CT molecular complexity index is 1220. The topological polar surface area (TPSA) is 125 Å². The lowest BCUT2D eigenvalue weighted by atomic mass is 10.1. The number of halogens is 3. The van der Waals surface area contributed by atoms with Gasteiger partial charge < -0.3 is 15.1 Å². The van der Waals surface area contributed by atoms with E-state index in [1.807, 2.05) is 24.3 Å². The highest BCUT2D eigenvalue weighted by Crippen LogP contribution is 2.29. The minimum Gasteiger partial charge on any atom is -0.478 e. The Labute approximate surface area is 203 Å². The highest BCUT2D eigenvalue weighted by atomic mass is 19.2. The van der Waals surface area contributed by atoms with Gasteiger partial charge in [-0.2, -0.15) is 5.10 Å². The fraction of sp³-hybridized carbons (Fsp3) is 0.261. The molecule has 0 radical (unpaired) electrons. The minimum absolute atomic E-state index is 0.164. The van der Waals surface area contributed by atoms with Gasteiger partial charge in [0.05, 0.1) is 6.20 Å². The van der Waals surface area contributed by atoms with Crippen molar-refractivity contribution in [3.63, 3.8) is 0 Å². The first kappa shape index (κ1) is 26.3. The second-order valence-electron chi connectivity index (χ2n) is 7.78. The zero-order valence-corrected chi connectivity index (χ0v) is 19.2. The van der Waals surface area contributed by atoms with E-state index in [1.165, 1.54) is 12.4 Å². The number of hydrogen-bond acceptors (Lipinski definition) is 7. The summed E-state index contributed by atoms with van der Waals surface area (Å²) in [6, 6.07) is 1.90. The first-order chi connectivity index (χ1) is 17.1. The van der Waals surface area contributed by atoms with Crippen molar-refractivity contribution in [1.29, 1.82) is 0 Å². The number of benzene rings is 1. The van der Waals surface area contributed by atoms with Crippen molar-refractivity contribution >= 4 is 17.8 Å². The SMILES string of the molecule is Cn1cc(CN2CCN(c3nccnc3-c3cc(F)c(F)c(F)c3)CC2)cn1.O=C(O)/C=C/C(=O)O. The Morgan fingerprint density at radius 1 is 0.972 bits per heavy atom. The predicted molar refractivity (Wildman–Crippen MR) is 122 cm³/mol. The molecule has 0 unspecified atom stereocenters. The average Bonchev–Trinajstić information content (AvgIpc) is 3.26. The standard InChI is InChI=1S/C19H19F3N6.C4H4O4/c1-26-11-13(10-25-26)12-27-4-6-28(7-5-27)19-18(23-2-3-24-19)14-8-15(20)17(22)16(21)9-14;5-3(6)1-2-4(7)8/h2-3,8-11H,4-7,12H2,1H3;1-2H,(H,5,6)(H,7,8)/b;2-1+. The van der Waals surface area contributed by atoms with Crippen LogP contribution < -0.4 is 4.90 Å². The maximum absolute atomic E-state index is 13.7. The molecule has 1 aromatic carbocycles. The summed E-state index contributed by atoms with van der Waals surface area (Å²) < 4.78 is 42.4. The van der Waals surface area contributed by atoms with Crippen molar-refractivity contribution < 1.29 is 33.0 Å². The quantitative estimate of drug-likeness (QED) is 0.384. The van der Waals surface area contributed by atoms with E-state index in [4.69, 9.17) is 10.2 Å². The molecule has 3 heterocycles. The van der Waals surface area contributed by atoms with Crippen LogP contribution >= 0.6 is 0 Å². The Morgan fingerprint density at radius 3 is 2.08 bits per heavy atom. The first-order valence-corrected chi connectivity index (χ1v) is 10.7. The predicted octanol–water partition coefficient (Wildman–Crippen LogP) is 2.33. The van der Waals surface area contributed by atoms with E-state index in [2.05, 4.69) is 20.0 Å². The fourth-order valence-electron chi connectivity index (χ4n) is 3.53. The van der Waals surface area contributed by atoms with Crippen LogP contribution in [-0.4, -0.2) is 73.0 Å². The van der Waals surface area contributed by atoms with Crippen LogP contribution in [0.2, 0.25) is 0 Å². The lowest BCUT2D eigenvalue weighted by molar-refractivity contribution is -0.134. The normalized spacial score (nSPS) is 13.9. The van der Waals surface area contributed by atoms with Gasteiger partial charge in [-0.25, -0.2) is 27.7 Å². The lowest BCUT2D eigenvalue weighted by Crippen LogP contribution is -2.46. The third-order valence-corrected chi connectivity index (χ3v) is 5.14. The second kappa shape index (κ2) is 11.9. The summed E-state index contributed by atoms with van der Waals surface area (Å²) in [5.41, 5.74) is 1.65. The molecule has 3 aromatic rings. The van der Waals surface area contributed by atoms with Crippen molar-refractivity contribution in [3.05, 3.63) is 72.1 Å². The average molecular weight is 504 g/mol. The smallest absolute Gasteiger partial charge is 0.328 e. The van der Waals surface area contributed by atoms with Crippen LogP contribution in [0.5, 0.6) is 0 Å². The van der Waals surface area contributed by atoms with Gasteiger partial charge in [0.25, 0.3) is 0 Å². The number of piperazine rings is 1. The molecule has 190 valence electrons. The maximum Gasteiger partial charge on any atom is 0.328 e. The highest BCUT2D eigenvalue weighted by molar-refractivity contribution is 5.89. The van der Waals surface area contributed by atoms with E-state index < -0.39 is 29.4 Å². The molecule has 0 saturated carbocycles. The molecular weight excluding hydrogens is 481 g/mol. The van der Waals surface area contributed by atoms with Gasteiger partial charge in [-0.05, 0) is 12.1 Å². The molecule has 2 N–H and O–H groups in total. The van der Waals surface area contributed by atoms with E-state index in [0.29, 0.717) is 36.8 Å².